The maximum absolute atomic E-state index is 6.36. The van der Waals surface area contributed by atoms with Crippen LogP contribution in [-0.4, -0.2) is 9.97 Å². The summed E-state index contributed by atoms with van der Waals surface area (Å²) in [7, 11) is 0. The second-order valence-electron chi connectivity index (χ2n) is 4.60. The van der Waals surface area contributed by atoms with Crippen molar-refractivity contribution >= 4 is 10.9 Å². The standard InChI is InChI=1S/C16H15N3/c1-11-5-2-9-15(19-11)16(17)13-6-3-8-14-12(13)7-4-10-18-14/h2-10,16H,17H2,1H3. The van der Waals surface area contributed by atoms with Crippen LogP contribution in [0.2, 0.25) is 0 Å². The Morgan fingerprint density at radius 2 is 1.84 bits per heavy atom. The summed E-state index contributed by atoms with van der Waals surface area (Å²) in [6.45, 7) is 1.97. The molecule has 1 aromatic carbocycles. The van der Waals surface area contributed by atoms with Crippen LogP contribution in [0.1, 0.15) is 23.0 Å². The first-order valence-electron chi connectivity index (χ1n) is 6.28. The second-order valence-corrected chi connectivity index (χ2v) is 4.60. The lowest BCUT2D eigenvalue weighted by Crippen LogP contribution is -2.14. The highest BCUT2D eigenvalue weighted by Crippen LogP contribution is 2.25. The molecule has 3 heteroatoms. The number of aromatic nitrogens is 2. The molecule has 0 radical (unpaired) electrons. The van der Waals surface area contributed by atoms with Crippen LogP contribution in [0.3, 0.4) is 0 Å². The van der Waals surface area contributed by atoms with Gasteiger partial charge >= 0.3 is 0 Å². The number of aryl methyl sites for hydroxylation is 1. The molecule has 0 amide bonds. The van der Waals surface area contributed by atoms with Gasteiger partial charge in [-0.25, -0.2) is 0 Å². The molecule has 19 heavy (non-hydrogen) atoms. The number of nitrogens with two attached hydrogens (primary N) is 1. The van der Waals surface area contributed by atoms with Crippen LogP contribution in [0.15, 0.2) is 54.7 Å². The molecule has 1 atom stereocenters. The average molecular weight is 249 g/mol. The van der Waals surface area contributed by atoms with Gasteiger partial charge in [-0.2, -0.15) is 0 Å². The summed E-state index contributed by atoms with van der Waals surface area (Å²) < 4.78 is 0. The Labute approximate surface area is 112 Å². The molecular formula is C16H15N3. The minimum atomic E-state index is -0.229. The molecular weight excluding hydrogens is 234 g/mol. The Balaban J connectivity index is 2.14. The summed E-state index contributed by atoms with van der Waals surface area (Å²) in [5.74, 6) is 0. The predicted octanol–water partition coefficient (Wildman–Crippen LogP) is 2.99. The highest BCUT2D eigenvalue weighted by molar-refractivity contribution is 5.82. The fraction of sp³-hybridized carbons (Fsp3) is 0.125. The normalized spacial score (nSPS) is 12.5. The molecule has 3 aromatic rings. The second kappa shape index (κ2) is 4.78. The lowest BCUT2D eigenvalue weighted by molar-refractivity contribution is 0.828. The van der Waals surface area contributed by atoms with Gasteiger partial charge in [0.1, 0.15) is 0 Å². The van der Waals surface area contributed by atoms with E-state index in [1.165, 1.54) is 0 Å². The third-order valence-electron chi connectivity index (χ3n) is 3.24. The fourth-order valence-electron chi connectivity index (χ4n) is 2.30. The van der Waals surface area contributed by atoms with E-state index in [0.29, 0.717) is 0 Å². The van der Waals surface area contributed by atoms with Crippen LogP contribution in [0.25, 0.3) is 10.9 Å². The topological polar surface area (TPSA) is 51.8 Å². The van der Waals surface area contributed by atoms with E-state index in [1.807, 2.05) is 55.5 Å². The molecule has 0 spiro atoms. The Morgan fingerprint density at radius 3 is 2.68 bits per heavy atom. The van der Waals surface area contributed by atoms with Gasteiger partial charge in [0.2, 0.25) is 0 Å². The number of rotatable bonds is 2. The quantitative estimate of drug-likeness (QED) is 0.759. The number of hydrogen-bond donors (Lipinski definition) is 1. The smallest absolute Gasteiger partial charge is 0.0733 e. The summed E-state index contributed by atoms with van der Waals surface area (Å²) in [6.07, 6.45) is 1.79. The Morgan fingerprint density at radius 1 is 1.00 bits per heavy atom. The van der Waals surface area contributed by atoms with Gasteiger partial charge in [0, 0.05) is 17.3 Å². The van der Waals surface area contributed by atoms with E-state index in [4.69, 9.17) is 5.73 Å². The molecule has 2 aromatic heterocycles. The van der Waals surface area contributed by atoms with Gasteiger partial charge in [-0.3, -0.25) is 9.97 Å². The molecule has 2 N–H and O–H groups in total. The third-order valence-corrected chi connectivity index (χ3v) is 3.24. The summed E-state index contributed by atoms with van der Waals surface area (Å²) in [5, 5.41) is 1.08. The molecule has 0 aliphatic carbocycles. The van der Waals surface area contributed by atoms with Crippen LogP contribution in [0.4, 0.5) is 0 Å². The summed E-state index contributed by atoms with van der Waals surface area (Å²) in [4.78, 5) is 8.87. The van der Waals surface area contributed by atoms with Crippen molar-refractivity contribution in [3.05, 3.63) is 71.7 Å². The van der Waals surface area contributed by atoms with Gasteiger partial charge < -0.3 is 5.73 Å². The van der Waals surface area contributed by atoms with Crippen molar-refractivity contribution in [3.63, 3.8) is 0 Å². The molecule has 0 bridgehead atoms. The average Bonchev–Trinajstić information content (AvgIpc) is 2.46. The monoisotopic (exact) mass is 249 g/mol. The van der Waals surface area contributed by atoms with Crippen molar-refractivity contribution in [3.8, 4) is 0 Å². The lowest BCUT2D eigenvalue weighted by atomic mass is 9.99. The highest BCUT2D eigenvalue weighted by Gasteiger charge is 2.13. The Bertz CT molecular complexity index is 717. The van der Waals surface area contributed by atoms with Crippen molar-refractivity contribution in [2.75, 3.05) is 0 Å². The van der Waals surface area contributed by atoms with E-state index >= 15 is 0 Å². The highest BCUT2D eigenvalue weighted by atomic mass is 14.8. The number of nitrogens with zero attached hydrogens (tertiary/aromatic N) is 2. The molecule has 2 heterocycles. The first-order valence-corrected chi connectivity index (χ1v) is 6.28. The molecule has 94 valence electrons. The minimum absolute atomic E-state index is 0.229. The molecule has 1 unspecified atom stereocenters. The SMILES string of the molecule is Cc1cccc(C(N)c2cccc3ncccc23)n1. The van der Waals surface area contributed by atoms with Gasteiger partial charge in [-0.1, -0.05) is 24.3 Å². The molecule has 0 saturated heterocycles. The van der Waals surface area contributed by atoms with E-state index in [0.717, 1.165) is 27.9 Å². The fourth-order valence-corrected chi connectivity index (χ4v) is 2.30. The molecule has 0 aliphatic rings. The third kappa shape index (κ3) is 2.20. The molecule has 3 rings (SSSR count). The maximum atomic E-state index is 6.36. The van der Waals surface area contributed by atoms with Crippen LogP contribution in [0.5, 0.6) is 0 Å². The van der Waals surface area contributed by atoms with E-state index in [9.17, 15) is 0 Å². The van der Waals surface area contributed by atoms with Crippen molar-refractivity contribution in [2.45, 2.75) is 13.0 Å². The van der Waals surface area contributed by atoms with Crippen molar-refractivity contribution in [1.82, 2.24) is 9.97 Å². The van der Waals surface area contributed by atoms with E-state index in [2.05, 4.69) is 9.97 Å². The molecule has 0 fully saturated rings. The summed E-state index contributed by atoms with van der Waals surface area (Å²) >= 11 is 0. The molecule has 3 nitrogen and oxygen atoms in total. The van der Waals surface area contributed by atoms with Gasteiger partial charge in [0.25, 0.3) is 0 Å². The van der Waals surface area contributed by atoms with Gasteiger partial charge in [-0.15, -0.1) is 0 Å². The molecule has 0 saturated carbocycles. The van der Waals surface area contributed by atoms with Gasteiger partial charge in [0.05, 0.1) is 17.3 Å². The van der Waals surface area contributed by atoms with Crippen molar-refractivity contribution in [1.29, 1.82) is 0 Å². The largest absolute Gasteiger partial charge is 0.319 e. The summed E-state index contributed by atoms with van der Waals surface area (Å²) in [6, 6.07) is 15.7. The van der Waals surface area contributed by atoms with E-state index in [1.54, 1.807) is 6.20 Å². The summed E-state index contributed by atoms with van der Waals surface area (Å²) in [5.41, 5.74) is 10.2. The van der Waals surface area contributed by atoms with Crippen LogP contribution < -0.4 is 5.73 Å². The zero-order valence-corrected chi connectivity index (χ0v) is 10.7. The first kappa shape index (κ1) is 11.8. The van der Waals surface area contributed by atoms with Gasteiger partial charge in [0.15, 0.2) is 0 Å². The number of benzene rings is 1. The zero-order valence-electron chi connectivity index (χ0n) is 10.7. The number of hydrogen-bond acceptors (Lipinski definition) is 3. The zero-order chi connectivity index (χ0) is 13.2. The predicted molar refractivity (Wildman–Crippen MR) is 76.7 cm³/mol. The van der Waals surface area contributed by atoms with Crippen LogP contribution in [0, 0.1) is 6.92 Å². The maximum Gasteiger partial charge on any atom is 0.0733 e. The Kier molecular flexibility index (Phi) is 2.97. The van der Waals surface area contributed by atoms with Crippen molar-refractivity contribution < 1.29 is 0 Å². The number of fused-ring (bicyclic) bond motifs is 1. The van der Waals surface area contributed by atoms with Crippen LogP contribution in [-0.2, 0) is 0 Å². The van der Waals surface area contributed by atoms with Gasteiger partial charge in [-0.05, 0) is 36.8 Å². The number of pyridine rings is 2. The lowest BCUT2D eigenvalue weighted by Gasteiger charge is -2.14. The molecule has 0 aliphatic heterocycles. The van der Waals surface area contributed by atoms with E-state index < -0.39 is 0 Å². The minimum Gasteiger partial charge on any atom is -0.319 e. The van der Waals surface area contributed by atoms with E-state index in [-0.39, 0.29) is 6.04 Å². The van der Waals surface area contributed by atoms with Crippen molar-refractivity contribution in [2.24, 2.45) is 5.73 Å². The Hall–Kier alpha value is -2.26. The van der Waals surface area contributed by atoms with Crippen LogP contribution >= 0.6 is 0 Å². The first-order chi connectivity index (χ1) is 9.25.